The summed E-state index contributed by atoms with van der Waals surface area (Å²) in [6.45, 7) is 1.98. The lowest BCUT2D eigenvalue weighted by molar-refractivity contribution is -0.127. The van der Waals surface area contributed by atoms with E-state index >= 15 is 0 Å². The monoisotopic (exact) mass is 317 g/mol. The summed E-state index contributed by atoms with van der Waals surface area (Å²) in [5.41, 5.74) is 0. The first-order valence-electron chi connectivity index (χ1n) is 8.01. The number of nitrogens with one attached hydrogen (secondary N) is 3. The van der Waals surface area contributed by atoms with E-state index in [9.17, 15) is 9.59 Å². The summed E-state index contributed by atoms with van der Waals surface area (Å²) in [5, 5.41) is 8.97. The van der Waals surface area contributed by atoms with E-state index in [-0.39, 0.29) is 36.8 Å². The molecule has 5 nitrogen and oxygen atoms in total. The smallest absolute Gasteiger partial charge is 0.239 e. The van der Waals surface area contributed by atoms with E-state index in [4.69, 9.17) is 0 Å². The number of hydrogen-bond donors (Lipinski definition) is 3. The Labute approximate surface area is 133 Å². The fourth-order valence-corrected chi connectivity index (χ4v) is 3.16. The highest BCUT2D eigenvalue weighted by atomic mass is 35.5. The molecule has 1 heterocycles. The molecule has 2 aliphatic rings. The Hall–Kier alpha value is -0.810. The van der Waals surface area contributed by atoms with E-state index in [1.165, 1.54) is 19.3 Å². The average Bonchev–Trinajstić information content (AvgIpc) is 2.47. The highest BCUT2D eigenvalue weighted by molar-refractivity contribution is 5.85. The molecule has 21 heavy (non-hydrogen) atoms. The van der Waals surface area contributed by atoms with Gasteiger partial charge in [0.15, 0.2) is 0 Å². The van der Waals surface area contributed by atoms with Gasteiger partial charge in [0.05, 0.1) is 6.54 Å². The molecule has 0 radical (unpaired) electrons. The lowest BCUT2D eigenvalue weighted by atomic mass is 9.87. The van der Waals surface area contributed by atoms with Crippen molar-refractivity contribution in [1.82, 2.24) is 16.0 Å². The van der Waals surface area contributed by atoms with Gasteiger partial charge < -0.3 is 16.0 Å². The van der Waals surface area contributed by atoms with Crippen LogP contribution in [0.1, 0.15) is 51.4 Å². The van der Waals surface area contributed by atoms with Crippen molar-refractivity contribution in [2.45, 2.75) is 57.4 Å². The van der Waals surface area contributed by atoms with Crippen LogP contribution in [0.5, 0.6) is 0 Å². The third kappa shape index (κ3) is 7.14. The highest BCUT2D eigenvalue weighted by Gasteiger charge is 2.18. The van der Waals surface area contributed by atoms with Crippen molar-refractivity contribution in [3.8, 4) is 0 Å². The number of amides is 2. The van der Waals surface area contributed by atoms with Gasteiger partial charge in [-0.15, -0.1) is 12.4 Å². The van der Waals surface area contributed by atoms with Crippen molar-refractivity contribution in [3.05, 3.63) is 0 Å². The Bertz CT molecular complexity index is 295. The van der Waals surface area contributed by atoms with E-state index in [0.29, 0.717) is 12.3 Å². The predicted molar refractivity (Wildman–Crippen MR) is 85.5 cm³/mol. The molecule has 1 unspecified atom stereocenters. The van der Waals surface area contributed by atoms with Crippen molar-refractivity contribution in [3.63, 3.8) is 0 Å². The van der Waals surface area contributed by atoms with Crippen LogP contribution in [0.25, 0.3) is 0 Å². The second-order valence-corrected chi connectivity index (χ2v) is 6.10. The molecule has 2 fully saturated rings. The van der Waals surface area contributed by atoms with Gasteiger partial charge in [-0.3, -0.25) is 9.59 Å². The third-order valence-corrected chi connectivity index (χ3v) is 4.31. The number of rotatable bonds is 5. The fraction of sp³-hybridized carbons (Fsp3) is 0.867. The molecule has 2 rings (SSSR count). The van der Waals surface area contributed by atoms with Crippen LogP contribution in [0.3, 0.4) is 0 Å². The van der Waals surface area contributed by atoms with Crippen LogP contribution in [0.15, 0.2) is 0 Å². The number of hydrogen-bond acceptors (Lipinski definition) is 3. The topological polar surface area (TPSA) is 70.2 Å². The number of carbonyl (C=O) groups excluding carboxylic acids is 2. The Balaban J connectivity index is 0.00000220. The van der Waals surface area contributed by atoms with Gasteiger partial charge in [-0.2, -0.15) is 0 Å². The van der Waals surface area contributed by atoms with E-state index in [0.717, 1.165) is 38.8 Å². The first-order chi connectivity index (χ1) is 9.74. The standard InChI is InChI=1S/C15H27N3O2.ClH/c19-14(9-12-5-2-1-3-6-12)17-11-15(20)18-13-7-4-8-16-10-13;/h12-13,16H,1-11H2,(H,17,19)(H,18,20);1H. The summed E-state index contributed by atoms with van der Waals surface area (Å²) in [5.74, 6) is 0.471. The number of halogens is 1. The first-order valence-corrected chi connectivity index (χ1v) is 8.01. The second kappa shape index (κ2) is 10.0. The number of carbonyl (C=O) groups is 2. The summed E-state index contributed by atoms with van der Waals surface area (Å²) in [6, 6.07) is 0.214. The molecule has 1 aliphatic heterocycles. The molecule has 122 valence electrons. The quantitative estimate of drug-likeness (QED) is 0.717. The Morgan fingerprint density at radius 1 is 1.00 bits per heavy atom. The predicted octanol–water partition coefficient (Wildman–Crippen LogP) is 1.36. The van der Waals surface area contributed by atoms with Crippen molar-refractivity contribution in [2.75, 3.05) is 19.6 Å². The maximum Gasteiger partial charge on any atom is 0.239 e. The van der Waals surface area contributed by atoms with Gasteiger partial charge in [-0.05, 0) is 38.1 Å². The zero-order valence-electron chi connectivity index (χ0n) is 12.7. The minimum Gasteiger partial charge on any atom is -0.351 e. The van der Waals surface area contributed by atoms with Crippen LogP contribution in [0.2, 0.25) is 0 Å². The summed E-state index contributed by atoms with van der Waals surface area (Å²) in [4.78, 5) is 23.6. The lowest BCUT2D eigenvalue weighted by Crippen LogP contribution is -2.48. The molecular formula is C15H28ClN3O2. The molecule has 1 saturated heterocycles. The van der Waals surface area contributed by atoms with Gasteiger partial charge in [-0.1, -0.05) is 19.3 Å². The molecule has 1 atom stereocenters. The van der Waals surface area contributed by atoms with E-state index in [1.54, 1.807) is 0 Å². The van der Waals surface area contributed by atoms with Crippen LogP contribution in [-0.4, -0.2) is 37.5 Å². The van der Waals surface area contributed by atoms with Gasteiger partial charge in [-0.25, -0.2) is 0 Å². The molecule has 1 aliphatic carbocycles. The minimum absolute atomic E-state index is 0. The van der Waals surface area contributed by atoms with Gasteiger partial charge in [0, 0.05) is 19.0 Å². The molecule has 1 saturated carbocycles. The zero-order chi connectivity index (χ0) is 14.2. The molecule has 2 amide bonds. The number of piperidine rings is 1. The van der Waals surface area contributed by atoms with Crippen molar-refractivity contribution in [1.29, 1.82) is 0 Å². The summed E-state index contributed by atoms with van der Waals surface area (Å²) in [7, 11) is 0. The van der Waals surface area contributed by atoms with E-state index in [2.05, 4.69) is 16.0 Å². The highest BCUT2D eigenvalue weighted by Crippen LogP contribution is 2.25. The molecular weight excluding hydrogens is 290 g/mol. The Morgan fingerprint density at radius 2 is 1.76 bits per heavy atom. The maximum atomic E-state index is 11.8. The zero-order valence-corrected chi connectivity index (χ0v) is 13.5. The first kappa shape index (κ1) is 18.2. The maximum absolute atomic E-state index is 11.8. The van der Waals surface area contributed by atoms with Crippen LogP contribution in [-0.2, 0) is 9.59 Å². The van der Waals surface area contributed by atoms with Crippen molar-refractivity contribution >= 4 is 24.2 Å². The average molecular weight is 318 g/mol. The second-order valence-electron chi connectivity index (χ2n) is 6.10. The molecule has 0 aromatic heterocycles. The summed E-state index contributed by atoms with van der Waals surface area (Å²) < 4.78 is 0. The summed E-state index contributed by atoms with van der Waals surface area (Å²) >= 11 is 0. The molecule has 0 aromatic carbocycles. The van der Waals surface area contributed by atoms with Crippen LogP contribution in [0, 0.1) is 5.92 Å². The van der Waals surface area contributed by atoms with Gasteiger partial charge in [0.1, 0.15) is 0 Å². The minimum atomic E-state index is -0.0734. The van der Waals surface area contributed by atoms with Crippen LogP contribution in [0.4, 0.5) is 0 Å². The third-order valence-electron chi connectivity index (χ3n) is 4.31. The van der Waals surface area contributed by atoms with E-state index in [1.807, 2.05) is 0 Å². The summed E-state index contributed by atoms with van der Waals surface area (Å²) in [6.07, 6.45) is 8.81. The molecule has 0 aromatic rings. The lowest BCUT2D eigenvalue weighted by Gasteiger charge is -2.24. The SMILES string of the molecule is Cl.O=C(CC1CCCCC1)NCC(=O)NC1CCCNC1. The fourth-order valence-electron chi connectivity index (χ4n) is 3.16. The Morgan fingerprint density at radius 3 is 2.43 bits per heavy atom. The van der Waals surface area contributed by atoms with Crippen molar-refractivity contribution < 1.29 is 9.59 Å². The normalized spacial score (nSPS) is 23.0. The molecule has 3 N–H and O–H groups in total. The molecule has 6 heteroatoms. The van der Waals surface area contributed by atoms with Gasteiger partial charge in [0.25, 0.3) is 0 Å². The van der Waals surface area contributed by atoms with Gasteiger partial charge in [0.2, 0.25) is 11.8 Å². The van der Waals surface area contributed by atoms with E-state index < -0.39 is 0 Å². The van der Waals surface area contributed by atoms with Crippen molar-refractivity contribution in [2.24, 2.45) is 5.92 Å². The largest absolute Gasteiger partial charge is 0.351 e. The van der Waals surface area contributed by atoms with Crippen LogP contribution < -0.4 is 16.0 Å². The molecule has 0 bridgehead atoms. The van der Waals surface area contributed by atoms with Crippen LogP contribution >= 0.6 is 12.4 Å². The Kier molecular flexibility index (Phi) is 8.69. The van der Waals surface area contributed by atoms with Gasteiger partial charge >= 0.3 is 0 Å². The molecule has 0 spiro atoms.